The van der Waals surface area contributed by atoms with Crippen LogP contribution in [0.2, 0.25) is 5.02 Å². The number of aromatic nitrogens is 3. The number of halogens is 1. The average Bonchev–Trinajstić information content (AvgIpc) is 3.33. The molecule has 0 atom stereocenters. The summed E-state index contributed by atoms with van der Waals surface area (Å²) in [6, 6.07) is 11.1. The van der Waals surface area contributed by atoms with E-state index in [0.717, 1.165) is 22.6 Å². The van der Waals surface area contributed by atoms with Gasteiger partial charge >= 0.3 is 0 Å². The van der Waals surface area contributed by atoms with Gasteiger partial charge in [-0.25, -0.2) is 0 Å². The number of benzene rings is 1. The first-order valence-corrected chi connectivity index (χ1v) is 8.78. The molecule has 4 aromatic rings. The van der Waals surface area contributed by atoms with Crippen molar-refractivity contribution in [2.75, 3.05) is 0 Å². The van der Waals surface area contributed by atoms with Gasteiger partial charge in [0.1, 0.15) is 17.2 Å². The van der Waals surface area contributed by atoms with Crippen molar-refractivity contribution in [2.24, 2.45) is 0 Å². The molecule has 0 bridgehead atoms. The number of aryl methyl sites for hydroxylation is 1. The third kappa shape index (κ3) is 3.47. The van der Waals surface area contributed by atoms with Crippen LogP contribution in [-0.4, -0.2) is 15.4 Å². The molecule has 0 spiro atoms. The van der Waals surface area contributed by atoms with Crippen LogP contribution in [0.3, 0.4) is 0 Å². The van der Waals surface area contributed by atoms with Gasteiger partial charge in [-0.05, 0) is 25.1 Å². The molecule has 0 aliphatic heterocycles. The van der Waals surface area contributed by atoms with Gasteiger partial charge in [0.2, 0.25) is 0 Å². The molecule has 25 heavy (non-hydrogen) atoms. The fourth-order valence-electron chi connectivity index (χ4n) is 2.25. The predicted octanol–water partition coefficient (Wildman–Crippen LogP) is 5.24. The quantitative estimate of drug-likeness (QED) is 0.442. The fourth-order valence-corrected chi connectivity index (χ4v) is 3.02. The van der Waals surface area contributed by atoms with Gasteiger partial charge in [-0.2, -0.15) is 0 Å². The lowest BCUT2D eigenvalue weighted by molar-refractivity contribution is 0.396. The molecular formula is C17H12ClN3O3S. The zero-order valence-corrected chi connectivity index (χ0v) is 14.7. The third-order valence-corrected chi connectivity index (χ3v) is 4.63. The molecule has 3 aromatic heterocycles. The summed E-state index contributed by atoms with van der Waals surface area (Å²) in [6.45, 7) is 1.85. The van der Waals surface area contributed by atoms with E-state index in [1.807, 2.05) is 37.3 Å². The largest absolute Gasteiger partial charge is 0.469 e. The van der Waals surface area contributed by atoms with Gasteiger partial charge in [0.25, 0.3) is 11.1 Å². The summed E-state index contributed by atoms with van der Waals surface area (Å²) in [6.07, 6.45) is 1.59. The van der Waals surface area contributed by atoms with Crippen LogP contribution in [-0.2, 0) is 5.75 Å². The molecule has 0 radical (unpaired) electrons. The molecule has 0 amide bonds. The Labute approximate surface area is 152 Å². The standard InChI is InChI=1S/C17H12ClN3O3S/c1-10-14(6-7-22-10)16-19-20-17(23-16)25-9-13-8-15(21-24-13)11-2-4-12(18)5-3-11/h2-8H,9H2,1H3. The lowest BCUT2D eigenvalue weighted by atomic mass is 10.1. The number of nitrogens with zero attached hydrogens (tertiary/aromatic N) is 3. The van der Waals surface area contributed by atoms with Gasteiger partial charge in [-0.1, -0.05) is 40.7 Å². The highest BCUT2D eigenvalue weighted by molar-refractivity contribution is 7.98. The molecule has 0 aliphatic carbocycles. The maximum absolute atomic E-state index is 5.89. The van der Waals surface area contributed by atoms with Crippen molar-refractivity contribution in [1.82, 2.24) is 15.4 Å². The minimum Gasteiger partial charge on any atom is -0.469 e. The molecule has 0 saturated heterocycles. The van der Waals surface area contributed by atoms with Crippen LogP contribution in [0.4, 0.5) is 0 Å². The summed E-state index contributed by atoms with van der Waals surface area (Å²) in [4.78, 5) is 0. The molecule has 0 saturated carbocycles. The molecular weight excluding hydrogens is 362 g/mol. The van der Waals surface area contributed by atoms with Crippen molar-refractivity contribution in [2.45, 2.75) is 17.9 Å². The van der Waals surface area contributed by atoms with E-state index in [4.69, 9.17) is 25.0 Å². The summed E-state index contributed by atoms with van der Waals surface area (Å²) in [5.41, 5.74) is 2.50. The Morgan fingerprint density at radius 2 is 1.96 bits per heavy atom. The molecule has 1 aromatic carbocycles. The highest BCUT2D eigenvalue weighted by atomic mass is 35.5. The van der Waals surface area contributed by atoms with Crippen molar-refractivity contribution in [1.29, 1.82) is 0 Å². The molecule has 8 heteroatoms. The number of hydrogen-bond donors (Lipinski definition) is 0. The summed E-state index contributed by atoms with van der Waals surface area (Å²) in [5, 5.41) is 13.3. The first-order chi connectivity index (χ1) is 12.2. The van der Waals surface area contributed by atoms with Gasteiger partial charge in [-0.3, -0.25) is 0 Å². The number of furan rings is 1. The number of rotatable bonds is 5. The van der Waals surface area contributed by atoms with E-state index in [0.29, 0.717) is 27.6 Å². The first kappa shape index (κ1) is 16.0. The zero-order valence-electron chi connectivity index (χ0n) is 13.1. The molecule has 4 rings (SSSR count). The fraction of sp³-hybridized carbons (Fsp3) is 0.118. The van der Waals surface area contributed by atoms with Crippen LogP contribution >= 0.6 is 23.4 Å². The van der Waals surface area contributed by atoms with E-state index in [-0.39, 0.29) is 0 Å². The Bertz CT molecular complexity index is 991. The van der Waals surface area contributed by atoms with Crippen molar-refractivity contribution in [3.8, 4) is 22.7 Å². The summed E-state index contributed by atoms with van der Waals surface area (Å²) in [7, 11) is 0. The minimum absolute atomic E-state index is 0.438. The summed E-state index contributed by atoms with van der Waals surface area (Å²) in [5.74, 6) is 2.43. The van der Waals surface area contributed by atoms with Crippen molar-refractivity contribution < 1.29 is 13.4 Å². The third-order valence-electron chi connectivity index (χ3n) is 3.53. The Morgan fingerprint density at radius 1 is 1.12 bits per heavy atom. The predicted molar refractivity (Wildman–Crippen MR) is 93.2 cm³/mol. The second-order valence-corrected chi connectivity index (χ2v) is 6.60. The van der Waals surface area contributed by atoms with E-state index in [1.165, 1.54) is 11.8 Å². The smallest absolute Gasteiger partial charge is 0.277 e. The Hall–Kier alpha value is -2.51. The monoisotopic (exact) mass is 373 g/mol. The van der Waals surface area contributed by atoms with Crippen LogP contribution in [0, 0.1) is 6.92 Å². The van der Waals surface area contributed by atoms with Crippen LogP contribution < -0.4 is 0 Å². The van der Waals surface area contributed by atoms with Crippen molar-refractivity contribution in [3.63, 3.8) is 0 Å². The molecule has 0 N–H and O–H groups in total. The van der Waals surface area contributed by atoms with E-state index in [9.17, 15) is 0 Å². The van der Waals surface area contributed by atoms with Crippen LogP contribution in [0.1, 0.15) is 11.5 Å². The van der Waals surface area contributed by atoms with Gasteiger partial charge in [-0.15, -0.1) is 10.2 Å². The van der Waals surface area contributed by atoms with Crippen molar-refractivity contribution >= 4 is 23.4 Å². The van der Waals surface area contributed by atoms with Crippen LogP contribution in [0.25, 0.3) is 22.7 Å². The topological polar surface area (TPSA) is 78.1 Å². The molecule has 0 fully saturated rings. The number of thioether (sulfide) groups is 1. The lowest BCUT2D eigenvalue weighted by Gasteiger charge is -1.94. The van der Waals surface area contributed by atoms with Gasteiger partial charge in [0.15, 0.2) is 0 Å². The van der Waals surface area contributed by atoms with Gasteiger partial charge in [0.05, 0.1) is 17.6 Å². The average molecular weight is 374 g/mol. The maximum atomic E-state index is 5.89. The van der Waals surface area contributed by atoms with E-state index in [1.54, 1.807) is 12.3 Å². The zero-order chi connectivity index (χ0) is 17.2. The normalized spacial score (nSPS) is 11.1. The van der Waals surface area contributed by atoms with E-state index in [2.05, 4.69) is 15.4 Å². The first-order valence-electron chi connectivity index (χ1n) is 7.41. The van der Waals surface area contributed by atoms with E-state index >= 15 is 0 Å². The molecule has 3 heterocycles. The lowest BCUT2D eigenvalue weighted by Crippen LogP contribution is -1.77. The minimum atomic E-state index is 0.438. The van der Waals surface area contributed by atoms with Gasteiger partial charge in [0, 0.05) is 16.7 Å². The van der Waals surface area contributed by atoms with Crippen molar-refractivity contribution in [3.05, 3.63) is 59.2 Å². The summed E-state index contributed by atoms with van der Waals surface area (Å²) >= 11 is 7.28. The van der Waals surface area contributed by atoms with E-state index < -0.39 is 0 Å². The maximum Gasteiger partial charge on any atom is 0.277 e. The Morgan fingerprint density at radius 3 is 2.72 bits per heavy atom. The Balaban J connectivity index is 1.43. The molecule has 0 unspecified atom stereocenters. The second-order valence-electron chi connectivity index (χ2n) is 5.24. The Kier molecular flexibility index (Phi) is 4.33. The van der Waals surface area contributed by atoms with Crippen LogP contribution in [0.15, 0.2) is 61.2 Å². The highest BCUT2D eigenvalue weighted by Gasteiger charge is 2.14. The summed E-state index contributed by atoms with van der Waals surface area (Å²) < 4.78 is 16.2. The van der Waals surface area contributed by atoms with Crippen LogP contribution in [0.5, 0.6) is 0 Å². The van der Waals surface area contributed by atoms with Gasteiger partial charge < -0.3 is 13.4 Å². The second kappa shape index (κ2) is 6.78. The number of hydrogen-bond acceptors (Lipinski definition) is 7. The molecule has 0 aliphatic rings. The highest BCUT2D eigenvalue weighted by Crippen LogP contribution is 2.29. The molecule has 126 valence electrons. The molecule has 6 nitrogen and oxygen atoms in total. The SMILES string of the molecule is Cc1occc1-c1nnc(SCc2cc(-c3ccc(Cl)cc3)no2)o1.